The van der Waals surface area contributed by atoms with Crippen LogP contribution in [0.5, 0.6) is 0 Å². The van der Waals surface area contributed by atoms with Crippen LogP contribution in [0.15, 0.2) is 42.5 Å². The summed E-state index contributed by atoms with van der Waals surface area (Å²) in [6.45, 7) is 6.06. The number of aryl methyl sites for hydroxylation is 2. The van der Waals surface area contributed by atoms with Crippen molar-refractivity contribution >= 4 is 11.6 Å². The van der Waals surface area contributed by atoms with Crippen LogP contribution < -0.4 is 5.32 Å². The SMILES string of the molecule is Cc1cc(C)n(Cc2cccc(CNC(=O)c3cc(F)c(C)c([N+](=O)[O-])c3)c2)n1. The molecule has 1 heterocycles. The van der Waals surface area contributed by atoms with E-state index in [-0.39, 0.29) is 17.7 Å². The molecule has 0 fully saturated rings. The van der Waals surface area contributed by atoms with Crippen LogP contribution in [0.25, 0.3) is 0 Å². The summed E-state index contributed by atoms with van der Waals surface area (Å²) in [6, 6.07) is 11.8. The number of nitro groups is 1. The zero-order chi connectivity index (χ0) is 21.1. The van der Waals surface area contributed by atoms with Gasteiger partial charge in [0.15, 0.2) is 0 Å². The summed E-state index contributed by atoms with van der Waals surface area (Å²) >= 11 is 0. The average molecular weight is 396 g/mol. The first-order valence-corrected chi connectivity index (χ1v) is 9.06. The van der Waals surface area contributed by atoms with Gasteiger partial charge in [0.1, 0.15) is 5.82 Å². The van der Waals surface area contributed by atoms with E-state index in [1.807, 2.05) is 48.9 Å². The van der Waals surface area contributed by atoms with Crippen molar-refractivity contribution in [3.63, 3.8) is 0 Å². The van der Waals surface area contributed by atoms with Crippen LogP contribution in [0, 0.1) is 36.7 Å². The van der Waals surface area contributed by atoms with E-state index in [2.05, 4.69) is 10.4 Å². The van der Waals surface area contributed by atoms with E-state index in [1.165, 1.54) is 6.92 Å². The van der Waals surface area contributed by atoms with Crippen molar-refractivity contribution < 1.29 is 14.1 Å². The Hall–Kier alpha value is -3.55. The molecule has 0 spiro atoms. The Balaban J connectivity index is 1.71. The van der Waals surface area contributed by atoms with E-state index >= 15 is 0 Å². The molecule has 0 saturated heterocycles. The summed E-state index contributed by atoms with van der Waals surface area (Å²) in [5.41, 5.74) is 3.30. The number of aromatic nitrogens is 2. The maximum atomic E-state index is 13.9. The van der Waals surface area contributed by atoms with Crippen LogP contribution in [0.2, 0.25) is 0 Å². The lowest BCUT2D eigenvalue weighted by Crippen LogP contribution is -2.23. The maximum absolute atomic E-state index is 13.9. The maximum Gasteiger partial charge on any atom is 0.276 e. The third-order valence-corrected chi connectivity index (χ3v) is 4.66. The number of nitrogens with one attached hydrogen (secondary N) is 1. The molecule has 0 radical (unpaired) electrons. The zero-order valence-corrected chi connectivity index (χ0v) is 16.4. The number of halogens is 1. The van der Waals surface area contributed by atoms with Gasteiger partial charge in [0.2, 0.25) is 0 Å². The van der Waals surface area contributed by atoms with Gasteiger partial charge in [-0.25, -0.2) is 4.39 Å². The number of hydrogen-bond donors (Lipinski definition) is 1. The molecule has 0 atom stereocenters. The van der Waals surface area contributed by atoms with Gasteiger partial charge in [0.25, 0.3) is 11.6 Å². The van der Waals surface area contributed by atoms with Gasteiger partial charge in [-0.3, -0.25) is 19.6 Å². The van der Waals surface area contributed by atoms with Gasteiger partial charge in [-0.2, -0.15) is 5.10 Å². The minimum absolute atomic E-state index is 0.0846. The third kappa shape index (κ3) is 4.66. The molecule has 0 aliphatic heterocycles. The quantitative estimate of drug-likeness (QED) is 0.506. The number of nitro benzene ring substituents is 1. The Morgan fingerprint density at radius 3 is 2.55 bits per heavy atom. The van der Waals surface area contributed by atoms with E-state index in [9.17, 15) is 19.3 Å². The van der Waals surface area contributed by atoms with E-state index in [0.717, 1.165) is 34.6 Å². The minimum atomic E-state index is -0.781. The Morgan fingerprint density at radius 1 is 1.17 bits per heavy atom. The summed E-state index contributed by atoms with van der Waals surface area (Å²) in [4.78, 5) is 22.7. The van der Waals surface area contributed by atoms with Crippen molar-refractivity contribution in [1.29, 1.82) is 0 Å². The highest BCUT2D eigenvalue weighted by atomic mass is 19.1. The first-order valence-electron chi connectivity index (χ1n) is 9.06. The van der Waals surface area contributed by atoms with E-state index in [0.29, 0.717) is 6.54 Å². The van der Waals surface area contributed by atoms with Crippen molar-refractivity contribution in [2.75, 3.05) is 0 Å². The molecular formula is C21H21FN4O3. The van der Waals surface area contributed by atoms with Crippen molar-refractivity contribution in [1.82, 2.24) is 15.1 Å². The van der Waals surface area contributed by atoms with Crippen molar-refractivity contribution in [3.05, 3.63) is 92.0 Å². The molecule has 2 aromatic carbocycles. The first-order chi connectivity index (χ1) is 13.7. The molecule has 1 N–H and O–H groups in total. The number of hydrogen-bond acceptors (Lipinski definition) is 4. The number of nitrogens with zero attached hydrogens (tertiary/aromatic N) is 3. The van der Waals surface area contributed by atoms with Crippen LogP contribution in [0.1, 0.15) is 38.4 Å². The number of benzene rings is 2. The van der Waals surface area contributed by atoms with Gasteiger partial charge >= 0.3 is 0 Å². The van der Waals surface area contributed by atoms with Gasteiger partial charge in [0.05, 0.1) is 22.7 Å². The molecule has 29 heavy (non-hydrogen) atoms. The molecule has 0 aliphatic carbocycles. The van der Waals surface area contributed by atoms with Crippen molar-refractivity contribution in [2.24, 2.45) is 0 Å². The minimum Gasteiger partial charge on any atom is -0.348 e. The topological polar surface area (TPSA) is 90.1 Å². The molecule has 0 aliphatic rings. The van der Waals surface area contributed by atoms with Gasteiger partial charge in [-0.05, 0) is 44.0 Å². The lowest BCUT2D eigenvalue weighted by Gasteiger charge is -2.09. The number of rotatable bonds is 6. The Kier molecular flexibility index (Phi) is 5.72. The number of amides is 1. The lowest BCUT2D eigenvalue weighted by molar-refractivity contribution is -0.385. The second-order valence-corrected chi connectivity index (χ2v) is 6.95. The molecule has 0 saturated carbocycles. The zero-order valence-electron chi connectivity index (χ0n) is 16.4. The normalized spacial score (nSPS) is 10.8. The molecule has 0 bridgehead atoms. The number of carbonyl (C=O) groups is 1. The van der Waals surface area contributed by atoms with Crippen LogP contribution in [-0.4, -0.2) is 20.6 Å². The van der Waals surface area contributed by atoms with Crippen LogP contribution in [0.3, 0.4) is 0 Å². The van der Waals surface area contributed by atoms with Gasteiger partial charge in [0, 0.05) is 23.9 Å². The molecule has 150 valence electrons. The average Bonchev–Trinajstić information content (AvgIpc) is 2.98. The highest BCUT2D eigenvalue weighted by Gasteiger charge is 2.19. The fourth-order valence-electron chi connectivity index (χ4n) is 3.12. The molecule has 1 amide bonds. The summed E-state index contributed by atoms with van der Waals surface area (Å²) in [6.07, 6.45) is 0. The molecule has 7 nitrogen and oxygen atoms in total. The summed E-state index contributed by atoms with van der Waals surface area (Å²) in [5.74, 6) is -1.35. The third-order valence-electron chi connectivity index (χ3n) is 4.66. The predicted octanol–water partition coefficient (Wildman–Crippen LogP) is 3.83. The largest absolute Gasteiger partial charge is 0.348 e. The van der Waals surface area contributed by atoms with E-state index < -0.39 is 22.3 Å². The van der Waals surface area contributed by atoms with Gasteiger partial charge in [-0.1, -0.05) is 24.3 Å². The van der Waals surface area contributed by atoms with Crippen LogP contribution >= 0.6 is 0 Å². The molecule has 1 aromatic heterocycles. The van der Waals surface area contributed by atoms with E-state index in [1.54, 1.807) is 0 Å². The van der Waals surface area contributed by atoms with Crippen molar-refractivity contribution in [2.45, 2.75) is 33.9 Å². The van der Waals surface area contributed by atoms with Gasteiger partial charge < -0.3 is 5.32 Å². The second kappa shape index (κ2) is 8.22. The summed E-state index contributed by atoms with van der Waals surface area (Å²) in [5, 5.41) is 18.2. The Labute approximate surface area is 167 Å². The van der Waals surface area contributed by atoms with Crippen molar-refractivity contribution in [3.8, 4) is 0 Å². The van der Waals surface area contributed by atoms with Crippen LogP contribution in [-0.2, 0) is 13.1 Å². The standard InChI is InChI=1S/C21H21FN4O3/c1-13-7-14(2)25(24-13)12-17-6-4-5-16(8-17)11-23-21(27)18-9-19(22)15(3)20(10-18)26(28)29/h4-10H,11-12H2,1-3H3,(H,23,27). The molecule has 8 heteroatoms. The first kappa shape index (κ1) is 20.2. The van der Waals surface area contributed by atoms with Gasteiger partial charge in [-0.15, -0.1) is 0 Å². The Morgan fingerprint density at radius 2 is 1.90 bits per heavy atom. The predicted molar refractivity (Wildman–Crippen MR) is 106 cm³/mol. The molecule has 0 unspecified atom stereocenters. The monoisotopic (exact) mass is 396 g/mol. The molecule has 3 aromatic rings. The van der Waals surface area contributed by atoms with Crippen LogP contribution in [0.4, 0.5) is 10.1 Å². The number of carbonyl (C=O) groups excluding carboxylic acids is 1. The lowest BCUT2D eigenvalue weighted by atomic mass is 10.1. The highest BCUT2D eigenvalue weighted by molar-refractivity contribution is 5.95. The smallest absolute Gasteiger partial charge is 0.276 e. The molecular weight excluding hydrogens is 375 g/mol. The fourth-order valence-corrected chi connectivity index (χ4v) is 3.12. The summed E-state index contributed by atoms with van der Waals surface area (Å²) in [7, 11) is 0. The van der Waals surface area contributed by atoms with E-state index in [4.69, 9.17) is 0 Å². The molecule has 3 rings (SSSR count). The second-order valence-electron chi connectivity index (χ2n) is 6.95. The fraction of sp³-hybridized carbons (Fsp3) is 0.238. The Bertz CT molecular complexity index is 1090. The summed E-state index contributed by atoms with van der Waals surface area (Å²) < 4.78 is 15.8. The highest BCUT2D eigenvalue weighted by Crippen LogP contribution is 2.22.